The van der Waals surface area contributed by atoms with Crippen molar-refractivity contribution in [3.63, 3.8) is 0 Å². The number of piperidine rings is 1. The van der Waals surface area contributed by atoms with Crippen LogP contribution in [-0.4, -0.2) is 45.2 Å². The fourth-order valence-electron chi connectivity index (χ4n) is 4.52. The maximum atomic E-state index is 12.9. The third kappa shape index (κ3) is 4.37. The molecule has 1 aromatic heterocycles. The number of hydrogen-bond donors (Lipinski definition) is 1. The second-order valence-corrected chi connectivity index (χ2v) is 8.88. The summed E-state index contributed by atoms with van der Waals surface area (Å²) < 4.78 is 2.28. The van der Waals surface area contributed by atoms with E-state index < -0.39 is 0 Å². The predicted molar refractivity (Wildman–Crippen MR) is 114 cm³/mol. The third-order valence-corrected chi connectivity index (χ3v) is 6.52. The van der Waals surface area contributed by atoms with Gasteiger partial charge in [0.2, 0.25) is 5.91 Å². The lowest BCUT2D eigenvalue weighted by molar-refractivity contribution is -0.132. The molecule has 2 aromatic rings. The standard InChI is InChI=1S/C23H33N5O/c1-16(2)18-4-6-19(7-5-18)17(3)14-22(29)27-11-8-20(9-12-27)23-26-25-21-15-24-10-13-28(21)23/h4-7,16-17,20,24H,8-15H2,1-3H3. The molecule has 4 rings (SSSR count). The van der Waals surface area contributed by atoms with Crippen molar-refractivity contribution >= 4 is 5.91 Å². The molecule has 0 bridgehead atoms. The number of hydrogen-bond acceptors (Lipinski definition) is 4. The Kier molecular flexibility index (Phi) is 5.99. The first-order valence-electron chi connectivity index (χ1n) is 11.0. The number of fused-ring (bicyclic) bond motifs is 1. The highest BCUT2D eigenvalue weighted by Crippen LogP contribution is 2.29. The van der Waals surface area contributed by atoms with Gasteiger partial charge in [0.05, 0.1) is 6.54 Å². The van der Waals surface area contributed by atoms with Crippen LogP contribution in [0.4, 0.5) is 0 Å². The van der Waals surface area contributed by atoms with Crippen molar-refractivity contribution in [2.24, 2.45) is 0 Å². The first kappa shape index (κ1) is 20.1. The lowest BCUT2D eigenvalue weighted by atomic mass is 9.92. The Morgan fingerprint density at radius 1 is 1.07 bits per heavy atom. The summed E-state index contributed by atoms with van der Waals surface area (Å²) in [6.07, 6.45) is 2.54. The van der Waals surface area contributed by atoms with E-state index in [2.05, 4.69) is 65.1 Å². The average molecular weight is 396 g/mol. The molecule has 1 unspecified atom stereocenters. The van der Waals surface area contributed by atoms with Gasteiger partial charge in [-0.3, -0.25) is 4.79 Å². The largest absolute Gasteiger partial charge is 0.343 e. The van der Waals surface area contributed by atoms with Crippen LogP contribution in [0.15, 0.2) is 24.3 Å². The third-order valence-electron chi connectivity index (χ3n) is 6.52. The SMILES string of the molecule is CC(C)c1ccc(C(C)CC(=O)N2CCC(c3nnc4n3CCNC4)CC2)cc1. The second kappa shape index (κ2) is 8.66. The number of benzene rings is 1. The fraction of sp³-hybridized carbons (Fsp3) is 0.609. The van der Waals surface area contributed by atoms with Crippen molar-refractivity contribution in [3.8, 4) is 0 Å². The summed E-state index contributed by atoms with van der Waals surface area (Å²) >= 11 is 0. The van der Waals surface area contributed by atoms with Crippen molar-refractivity contribution in [2.75, 3.05) is 19.6 Å². The van der Waals surface area contributed by atoms with Crippen LogP contribution in [0.5, 0.6) is 0 Å². The molecule has 156 valence electrons. The van der Waals surface area contributed by atoms with Gasteiger partial charge < -0.3 is 14.8 Å². The number of aromatic nitrogens is 3. The minimum atomic E-state index is 0.248. The fourth-order valence-corrected chi connectivity index (χ4v) is 4.52. The summed E-state index contributed by atoms with van der Waals surface area (Å²) in [4.78, 5) is 14.9. The Bertz CT molecular complexity index is 833. The van der Waals surface area contributed by atoms with E-state index in [-0.39, 0.29) is 11.8 Å². The van der Waals surface area contributed by atoms with E-state index in [4.69, 9.17) is 0 Å². The molecule has 29 heavy (non-hydrogen) atoms. The van der Waals surface area contributed by atoms with E-state index >= 15 is 0 Å². The first-order chi connectivity index (χ1) is 14.0. The number of carbonyl (C=O) groups excluding carboxylic acids is 1. The van der Waals surface area contributed by atoms with Crippen molar-refractivity contribution in [1.82, 2.24) is 25.0 Å². The van der Waals surface area contributed by atoms with Gasteiger partial charge in [-0.2, -0.15) is 0 Å². The summed E-state index contributed by atoms with van der Waals surface area (Å²) in [5, 5.41) is 12.2. The summed E-state index contributed by atoms with van der Waals surface area (Å²) in [6.45, 7) is 10.9. The van der Waals surface area contributed by atoms with E-state index in [1.165, 1.54) is 11.1 Å². The number of nitrogens with one attached hydrogen (secondary N) is 1. The lowest BCUT2D eigenvalue weighted by Gasteiger charge is -2.32. The topological polar surface area (TPSA) is 63.1 Å². The molecule has 1 fully saturated rings. The van der Waals surface area contributed by atoms with Gasteiger partial charge in [-0.1, -0.05) is 45.0 Å². The molecule has 0 saturated carbocycles. The molecule has 0 aliphatic carbocycles. The van der Waals surface area contributed by atoms with Gasteiger partial charge in [-0.15, -0.1) is 10.2 Å². The van der Waals surface area contributed by atoms with Gasteiger partial charge in [0.25, 0.3) is 0 Å². The van der Waals surface area contributed by atoms with Crippen molar-refractivity contribution < 1.29 is 4.79 Å². The Morgan fingerprint density at radius 3 is 2.45 bits per heavy atom. The zero-order valence-corrected chi connectivity index (χ0v) is 17.9. The highest BCUT2D eigenvalue weighted by molar-refractivity contribution is 5.77. The molecule has 2 aliphatic rings. The van der Waals surface area contributed by atoms with Gasteiger partial charge in [-0.25, -0.2) is 0 Å². The lowest BCUT2D eigenvalue weighted by Crippen LogP contribution is -2.39. The molecular weight excluding hydrogens is 362 g/mol. The second-order valence-electron chi connectivity index (χ2n) is 8.88. The van der Waals surface area contributed by atoms with E-state index in [1.807, 2.05) is 4.90 Å². The number of nitrogens with zero attached hydrogens (tertiary/aromatic N) is 4. The monoisotopic (exact) mass is 395 g/mol. The quantitative estimate of drug-likeness (QED) is 0.843. The zero-order valence-electron chi connectivity index (χ0n) is 17.9. The van der Waals surface area contributed by atoms with Gasteiger partial charge in [0.15, 0.2) is 0 Å². The van der Waals surface area contributed by atoms with Crippen LogP contribution in [-0.2, 0) is 17.9 Å². The van der Waals surface area contributed by atoms with Gasteiger partial charge in [-0.05, 0) is 35.8 Å². The Hall–Kier alpha value is -2.21. The molecule has 3 heterocycles. The van der Waals surface area contributed by atoms with Crippen LogP contribution < -0.4 is 5.32 Å². The Labute approximate surface area is 173 Å². The zero-order chi connectivity index (χ0) is 20.4. The van der Waals surface area contributed by atoms with Crippen LogP contribution >= 0.6 is 0 Å². The van der Waals surface area contributed by atoms with Crippen molar-refractivity contribution in [2.45, 2.75) is 70.9 Å². The number of rotatable bonds is 5. The smallest absolute Gasteiger partial charge is 0.223 e. The van der Waals surface area contributed by atoms with Crippen LogP contribution in [0.25, 0.3) is 0 Å². The normalized spacial score (nSPS) is 18.7. The average Bonchev–Trinajstić information content (AvgIpc) is 3.18. The summed E-state index contributed by atoms with van der Waals surface area (Å²) in [7, 11) is 0. The minimum Gasteiger partial charge on any atom is -0.343 e. The van der Waals surface area contributed by atoms with Crippen LogP contribution in [0.3, 0.4) is 0 Å². The first-order valence-corrected chi connectivity index (χ1v) is 11.0. The summed E-state index contributed by atoms with van der Waals surface area (Å²) in [5.74, 6) is 3.64. The predicted octanol–water partition coefficient (Wildman–Crippen LogP) is 3.40. The maximum absolute atomic E-state index is 12.9. The Balaban J connectivity index is 1.31. The number of likely N-dealkylation sites (tertiary alicyclic amines) is 1. The minimum absolute atomic E-state index is 0.248. The van der Waals surface area contributed by atoms with Crippen LogP contribution in [0.2, 0.25) is 0 Å². The van der Waals surface area contributed by atoms with Crippen molar-refractivity contribution in [3.05, 3.63) is 47.0 Å². The molecule has 6 nitrogen and oxygen atoms in total. The molecule has 1 amide bonds. The summed E-state index contributed by atoms with van der Waals surface area (Å²) in [6, 6.07) is 8.76. The number of carbonyl (C=O) groups is 1. The summed E-state index contributed by atoms with van der Waals surface area (Å²) in [5.41, 5.74) is 2.60. The van der Waals surface area contributed by atoms with Crippen molar-refractivity contribution in [1.29, 1.82) is 0 Å². The van der Waals surface area contributed by atoms with Crippen LogP contribution in [0.1, 0.15) is 80.6 Å². The molecule has 6 heteroatoms. The molecular formula is C23H33N5O. The molecule has 0 spiro atoms. The van der Waals surface area contributed by atoms with E-state index in [9.17, 15) is 4.79 Å². The van der Waals surface area contributed by atoms with Gasteiger partial charge in [0, 0.05) is 38.5 Å². The molecule has 2 aliphatic heterocycles. The Morgan fingerprint density at radius 2 is 1.76 bits per heavy atom. The molecule has 0 radical (unpaired) electrons. The number of amides is 1. The molecule has 1 saturated heterocycles. The maximum Gasteiger partial charge on any atom is 0.223 e. The highest BCUT2D eigenvalue weighted by Gasteiger charge is 2.29. The highest BCUT2D eigenvalue weighted by atomic mass is 16.2. The van der Waals surface area contributed by atoms with E-state index in [0.29, 0.717) is 18.3 Å². The van der Waals surface area contributed by atoms with Crippen LogP contribution in [0, 0.1) is 0 Å². The van der Waals surface area contributed by atoms with Gasteiger partial charge >= 0.3 is 0 Å². The van der Waals surface area contributed by atoms with E-state index in [0.717, 1.165) is 57.2 Å². The molecule has 1 aromatic carbocycles. The van der Waals surface area contributed by atoms with Gasteiger partial charge in [0.1, 0.15) is 11.6 Å². The molecule has 1 atom stereocenters. The molecule has 1 N–H and O–H groups in total. The van der Waals surface area contributed by atoms with E-state index in [1.54, 1.807) is 0 Å².